The standard InChI is InChI=1S/C19H26N4O4/c1-12(22-19(27)15-4-2-14(3-5-15)18(20)21)10-16(24)23-8-6-13(7-9-23)11-17(25)26/h2-5,12-13H,6-11H2,1H3,(H3,20,21)(H,22,27)(H,25,26). The van der Waals surface area contributed by atoms with Gasteiger partial charge in [0.05, 0.1) is 0 Å². The molecule has 1 atom stereocenters. The van der Waals surface area contributed by atoms with Crippen molar-refractivity contribution < 1.29 is 19.5 Å². The highest BCUT2D eigenvalue weighted by Crippen LogP contribution is 2.21. The van der Waals surface area contributed by atoms with Crippen molar-refractivity contribution in [2.75, 3.05) is 13.1 Å². The van der Waals surface area contributed by atoms with E-state index >= 15 is 0 Å². The summed E-state index contributed by atoms with van der Waals surface area (Å²) >= 11 is 0. The Kier molecular flexibility index (Phi) is 6.92. The third kappa shape index (κ3) is 6.09. The summed E-state index contributed by atoms with van der Waals surface area (Å²) in [4.78, 5) is 37.2. The first-order valence-corrected chi connectivity index (χ1v) is 9.01. The van der Waals surface area contributed by atoms with Crippen LogP contribution in [0.15, 0.2) is 24.3 Å². The highest BCUT2D eigenvalue weighted by molar-refractivity contribution is 5.98. The molecule has 2 rings (SSSR count). The number of nitrogens with zero attached hydrogens (tertiary/aromatic N) is 1. The predicted octanol–water partition coefficient (Wildman–Crippen LogP) is 1.19. The highest BCUT2D eigenvalue weighted by Gasteiger charge is 2.25. The lowest BCUT2D eigenvalue weighted by Crippen LogP contribution is -2.42. The molecule has 5 N–H and O–H groups in total. The van der Waals surface area contributed by atoms with E-state index in [1.54, 1.807) is 36.1 Å². The van der Waals surface area contributed by atoms with Crippen LogP contribution in [0.1, 0.15) is 48.5 Å². The van der Waals surface area contributed by atoms with Gasteiger partial charge in [-0.15, -0.1) is 0 Å². The van der Waals surface area contributed by atoms with Crippen LogP contribution in [0, 0.1) is 11.3 Å². The summed E-state index contributed by atoms with van der Waals surface area (Å²) in [5, 5.41) is 19.0. The van der Waals surface area contributed by atoms with Gasteiger partial charge in [0.15, 0.2) is 0 Å². The van der Waals surface area contributed by atoms with E-state index in [1.807, 2.05) is 0 Å². The SMILES string of the molecule is CC(CC(=O)N1CCC(CC(=O)O)CC1)NC(=O)c1ccc(C(=N)N)cc1. The number of hydrogen-bond donors (Lipinski definition) is 4. The topological polar surface area (TPSA) is 137 Å². The van der Waals surface area contributed by atoms with Crippen LogP contribution in [0.3, 0.4) is 0 Å². The number of carbonyl (C=O) groups excluding carboxylic acids is 2. The second kappa shape index (κ2) is 9.16. The summed E-state index contributed by atoms with van der Waals surface area (Å²) in [5.74, 6) is -1.06. The molecule has 146 valence electrons. The smallest absolute Gasteiger partial charge is 0.303 e. The molecule has 1 aliphatic heterocycles. The summed E-state index contributed by atoms with van der Waals surface area (Å²) in [7, 11) is 0. The third-order valence-corrected chi connectivity index (χ3v) is 4.75. The lowest BCUT2D eigenvalue weighted by atomic mass is 9.93. The van der Waals surface area contributed by atoms with Gasteiger partial charge in [-0.25, -0.2) is 0 Å². The molecule has 8 heteroatoms. The van der Waals surface area contributed by atoms with Crippen LogP contribution < -0.4 is 11.1 Å². The van der Waals surface area contributed by atoms with E-state index in [0.29, 0.717) is 37.1 Å². The van der Waals surface area contributed by atoms with Crippen LogP contribution in [0.5, 0.6) is 0 Å². The van der Waals surface area contributed by atoms with Gasteiger partial charge in [0, 0.05) is 43.1 Å². The minimum atomic E-state index is -0.799. The monoisotopic (exact) mass is 374 g/mol. The molecule has 8 nitrogen and oxygen atoms in total. The van der Waals surface area contributed by atoms with Crippen LogP contribution in [-0.4, -0.2) is 52.8 Å². The summed E-state index contributed by atoms with van der Waals surface area (Å²) in [6.07, 6.45) is 1.74. The Morgan fingerprint density at radius 3 is 2.30 bits per heavy atom. The number of amidine groups is 1. The fraction of sp³-hybridized carbons (Fsp3) is 0.474. The second-order valence-electron chi connectivity index (χ2n) is 6.99. The maximum Gasteiger partial charge on any atom is 0.303 e. The molecule has 1 aromatic carbocycles. The lowest BCUT2D eigenvalue weighted by Gasteiger charge is -2.32. The predicted molar refractivity (Wildman–Crippen MR) is 101 cm³/mol. The molecule has 27 heavy (non-hydrogen) atoms. The van der Waals surface area contributed by atoms with E-state index in [-0.39, 0.29) is 42.5 Å². The molecular weight excluding hydrogens is 348 g/mol. The molecule has 1 saturated heterocycles. The number of rotatable bonds is 7. The zero-order chi connectivity index (χ0) is 20.0. The van der Waals surface area contributed by atoms with Gasteiger partial charge >= 0.3 is 5.97 Å². The number of amides is 2. The largest absolute Gasteiger partial charge is 0.481 e. The number of nitrogens with two attached hydrogens (primary N) is 1. The van der Waals surface area contributed by atoms with E-state index < -0.39 is 5.97 Å². The zero-order valence-electron chi connectivity index (χ0n) is 15.4. The van der Waals surface area contributed by atoms with Crippen molar-refractivity contribution in [2.24, 2.45) is 11.7 Å². The first kappa shape index (κ1) is 20.4. The van der Waals surface area contributed by atoms with Gasteiger partial charge in [-0.2, -0.15) is 0 Å². The zero-order valence-corrected chi connectivity index (χ0v) is 15.4. The van der Waals surface area contributed by atoms with Crippen LogP contribution in [0.25, 0.3) is 0 Å². The number of carboxylic acids is 1. The van der Waals surface area contributed by atoms with Gasteiger partial charge in [-0.3, -0.25) is 19.8 Å². The molecule has 1 fully saturated rings. The number of benzene rings is 1. The molecule has 0 radical (unpaired) electrons. The molecule has 1 heterocycles. The Balaban J connectivity index is 1.80. The summed E-state index contributed by atoms with van der Waals surface area (Å²) < 4.78 is 0. The Morgan fingerprint density at radius 1 is 1.22 bits per heavy atom. The summed E-state index contributed by atoms with van der Waals surface area (Å²) in [6.45, 7) is 2.89. The molecule has 1 unspecified atom stereocenters. The Labute approximate surface area is 158 Å². The van der Waals surface area contributed by atoms with E-state index in [2.05, 4.69) is 5.32 Å². The van der Waals surface area contributed by atoms with Crippen LogP contribution in [-0.2, 0) is 9.59 Å². The van der Waals surface area contributed by atoms with E-state index in [9.17, 15) is 14.4 Å². The number of aliphatic carboxylic acids is 1. The van der Waals surface area contributed by atoms with E-state index in [0.717, 1.165) is 0 Å². The maximum atomic E-state index is 12.4. The number of nitrogen functional groups attached to an aromatic ring is 1. The summed E-state index contributed by atoms with van der Waals surface area (Å²) in [6, 6.07) is 6.07. The molecule has 0 aliphatic carbocycles. The molecule has 1 aliphatic rings. The second-order valence-corrected chi connectivity index (χ2v) is 6.99. The highest BCUT2D eigenvalue weighted by atomic mass is 16.4. The first-order valence-electron chi connectivity index (χ1n) is 9.01. The molecule has 0 bridgehead atoms. The first-order chi connectivity index (χ1) is 12.8. The van der Waals surface area contributed by atoms with Gasteiger partial charge in [-0.1, -0.05) is 12.1 Å². The number of nitrogens with one attached hydrogen (secondary N) is 2. The Morgan fingerprint density at radius 2 is 1.78 bits per heavy atom. The minimum absolute atomic E-state index is 0.0384. The van der Waals surface area contributed by atoms with Crippen molar-refractivity contribution in [3.8, 4) is 0 Å². The average molecular weight is 374 g/mol. The minimum Gasteiger partial charge on any atom is -0.481 e. The van der Waals surface area contributed by atoms with Crippen molar-refractivity contribution in [2.45, 2.75) is 38.6 Å². The molecule has 2 amide bonds. The fourth-order valence-corrected chi connectivity index (χ4v) is 3.18. The van der Waals surface area contributed by atoms with Crippen molar-refractivity contribution in [1.82, 2.24) is 10.2 Å². The van der Waals surface area contributed by atoms with Crippen LogP contribution in [0.2, 0.25) is 0 Å². The molecule has 1 aromatic rings. The van der Waals surface area contributed by atoms with Crippen LogP contribution >= 0.6 is 0 Å². The summed E-state index contributed by atoms with van der Waals surface area (Å²) in [5.41, 5.74) is 6.37. The lowest BCUT2D eigenvalue weighted by molar-refractivity contribution is -0.138. The average Bonchev–Trinajstić information content (AvgIpc) is 2.61. The molecule has 0 aromatic heterocycles. The van der Waals surface area contributed by atoms with Crippen LogP contribution in [0.4, 0.5) is 0 Å². The molecule has 0 saturated carbocycles. The van der Waals surface area contributed by atoms with Crippen molar-refractivity contribution in [3.05, 3.63) is 35.4 Å². The Hall–Kier alpha value is -2.90. The van der Waals surface area contributed by atoms with Gasteiger partial charge in [0.2, 0.25) is 5.91 Å². The Bertz CT molecular complexity index is 709. The third-order valence-electron chi connectivity index (χ3n) is 4.75. The van der Waals surface area contributed by atoms with Gasteiger partial charge in [-0.05, 0) is 37.8 Å². The van der Waals surface area contributed by atoms with Gasteiger partial charge < -0.3 is 21.1 Å². The number of likely N-dealkylation sites (tertiary alicyclic amines) is 1. The number of carbonyl (C=O) groups is 3. The fourth-order valence-electron chi connectivity index (χ4n) is 3.18. The van der Waals surface area contributed by atoms with Crippen molar-refractivity contribution in [1.29, 1.82) is 5.41 Å². The van der Waals surface area contributed by atoms with Crippen molar-refractivity contribution >= 4 is 23.6 Å². The van der Waals surface area contributed by atoms with Crippen molar-refractivity contribution in [3.63, 3.8) is 0 Å². The molecular formula is C19H26N4O4. The van der Waals surface area contributed by atoms with Gasteiger partial charge in [0.1, 0.15) is 5.84 Å². The quantitative estimate of drug-likeness (QED) is 0.420. The van der Waals surface area contributed by atoms with Gasteiger partial charge in [0.25, 0.3) is 5.91 Å². The number of piperidine rings is 1. The number of hydrogen-bond acceptors (Lipinski definition) is 4. The molecule has 0 spiro atoms. The number of carboxylic acid groups (broad SMARTS) is 1. The maximum absolute atomic E-state index is 12.4. The van der Waals surface area contributed by atoms with E-state index in [4.69, 9.17) is 16.2 Å². The van der Waals surface area contributed by atoms with E-state index in [1.165, 1.54) is 0 Å². The normalized spacial score (nSPS) is 15.8.